The predicted octanol–water partition coefficient (Wildman–Crippen LogP) is 5.51. The molecule has 0 bridgehead atoms. The highest BCUT2D eigenvalue weighted by atomic mass is 16.2. The average Bonchev–Trinajstić information content (AvgIpc) is 3.33. The van der Waals surface area contributed by atoms with Crippen molar-refractivity contribution < 1.29 is 9.59 Å². The molecule has 0 aliphatic carbocycles. The van der Waals surface area contributed by atoms with Crippen LogP contribution in [0.2, 0.25) is 0 Å². The van der Waals surface area contributed by atoms with Crippen LogP contribution in [0.25, 0.3) is 11.1 Å². The quantitative estimate of drug-likeness (QED) is 0.387. The van der Waals surface area contributed by atoms with Gasteiger partial charge in [-0.15, -0.1) is 0 Å². The second kappa shape index (κ2) is 10.3. The fourth-order valence-corrected chi connectivity index (χ4v) is 4.91. The van der Waals surface area contributed by atoms with Crippen molar-refractivity contribution in [1.82, 2.24) is 4.98 Å². The Balaban J connectivity index is 1.39. The van der Waals surface area contributed by atoms with Crippen LogP contribution < -0.4 is 15.1 Å². The van der Waals surface area contributed by atoms with Gasteiger partial charge >= 0.3 is 0 Å². The van der Waals surface area contributed by atoms with Crippen molar-refractivity contribution in [2.24, 2.45) is 0 Å². The van der Waals surface area contributed by atoms with Crippen LogP contribution >= 0.6 is 0 Å². The fraction of sp³-hybridized carbons (Fsp3) is 0.194. The zero-order chi connectivity index (χ0) is 25.9. The van der Waals surface area contributed by atoms with Crippen molar-refractivity contribution in [2.45, 2.75) is 19.8 Å². The number of pyridine rings is 1. The van der Waals surface area contributed by atoms with Gasteiger partial charge in [0.1, 0.15) is 0 Å². The number of rotatable bonds is 6. The number of anilines is 3. The first-order valence-electron chi connectivity index (χ1n) is 12.4. The lowest BCUT2D eigenvalue weighted by atomic mass is 9.95. The van der Waals surface area contributed by atoms with Crippen LogP contribution in [0.4, 0.5) is 17.1 Å². The molecule has 5 rings (SSSR count). The van der Waals surface area contributed by atoms with Gasteiger partial charge in [-0.05, 0) is 78.1 Å². The number of hydrogen-bond donors (Lipinski definition) is 1. The van der Waals surface area contributed by atoms with Crippen LogP contribution in [0.15, 0.2) is 85.1 Å². The van der Waals surface area contributed by atoms with Crippen LogP contribution in [0.1, 0.15) is 27.2 Å². The Morgan fingerprint density at radius 2 is 1.76 bits per heavy atom. The molecule has 1 aliphatic rings. The first kappa shape index (κ1) is 24.3. The summed E-state index contributed by atoms with van der Waals surface area (Å²) in [7, 11) is 4.01. The van der Waals surface area contributed by atoms with Crippen LogP contribution in [0, 0.1) is 6.92 Å². The molecule has 0 spiro atoms. The van der Waals surface area contributed by atoms with Crippen LogP contribution in [-0.2, 0) is 17.6 Å². The van der Waals surface area contributed by atoms with Gasteiger partial charge < -0.3 is 15.1 Å². The maximum atomic E-state index is 13.5. The Labute approximate surface area is 217 Å². The van der Waals surface area contributed by atoms with Gasteiger partial charge in [-0.25, -0.2) is 0 Å². The number of carbonyl (C=O) groups excluding carboxylic acids is 2. The van der Waals surface area contributed by atoms with E-state index in [1.807, 2.05) is 98.7 Å². The fourth-order valence-electron chi connectivity index (χ4n) is 4.91. The summed E-state index contributed by atoms with van der Waals surface area (Å²) in [6, 6.07) is 25.4. The third-order valence-electron chi connectivity index (χ3n) is 6.74. The van der Waals surface area contributed by atoms with E-state index in [-0.39, 0.29) is 18.2 Å². The number of fused-ring (bicyclic) bond motifs is 1. The number of nitrogens with zero attached hydrogens (tertiary/aromatic N) is 3. The number of aromatic nitrogens is 1. The molecular formula is C31H30N4O2. The van der Waals surface area contributed by atoms with Gasteiger partial charge in [0.15, 0.2) is 0 Å². The number of aryl methyl sites for hydroxylation is 1. The molecule has 2 amide bonds. The zero-order valence-electron chi connectivity index (χ0n) is 21.4. The average molecular weight is 491 g/mol. The number of amides is 2. The van der Waals surface area contributed by atoms with Gasteiger partial charge in [-0.2, -0.15) is 0 Å². The molecule has 2 heterocycles. The normalized spacial score (nSPS) is 12.2. The SMILES string of the molecule is Cc1cc(C(=O)Nc2ccc3c(c2)CCN3C(=O)Cc2ccccn2)c(-c2ccccc2)cc1N(C)C. The van der Waals surface area contributed by atoms with Gasteiger partial charge in [0.2, 0.25) is 5.91 Å². The molecule has 37 heavy (non-hydrogen) atoms. The molecule has 0 unspecified atom stereocenters. The van der Waals surface area contributed by atoms with E-state index in [0.29, 0.717) is 12.1 Å². The van der Waals surface area contributed by atoms with Crippen molar-refractivity contribution in [3.05, 3.63) is 107 Å². The van der Waals surface area contributed by atoms with E-state index < -0.39 is 0 Å². The third kappa shape index (κ3) is 5.09. The minimum atomic E-state index is -0.159. The molecule has 1 aromatic heterocycles. The molecule has 186 valence electrons. The van der Waals surface area contributed by atoms with Gasteiger partial charge in [0.05, 0.1) is 6.42 Å². The van der Waals surface area contributed by atoms with E-state index >= 15 is 0 Å². The summed E-state index contributed by atoms with van der Waals surface area (Å²) in [6.07, 6.45) is 2.72. The predicted molar refractivity (Wildman–Crippen MR) is 149 cm³/mol. The molecule has 0 atom stereocenters. The number of benzene rings is 3. The Morgan fingerprint density at radius 3 is 2.49 bits per heavy atom. The summed E-state index contributed by atoms with van der Waals surface area (Å²) < 4.78 is 0. The zero-order valence-corrected chi connectivity index (χ0v) is 21.4. The first-order chi connectivity index (χ1) is 17.9. The van der Waals surface area contributed by atoms with Crippen LogP contribution in [0.3, 0.4) is 0 Å². The van der Waals surface area contributed by atoms with Gasteiger partial charge in [0, 0.05) is 55.2 Å². The molecule has 4 aromatic rings. The number of carbonyl (C=O) groups is 2. The first-order valence-corrected chi connectivity index (χ1v) is 12.4. The minimum Gasteiger partial charge on any atom is -0.377 e. The lowest BCUT2D eigenvalue weighted by molar-refractivity contribution is -0.117. The highest BCUT2D eigenvalue weighted by molar-refractivity contribution is 6.09. The molecular weight excluding hydrogens is 460 g/mol. The van der Waals surface area contributed by atoms with Crippen LogP contribution in [0.5, 0.6) is 0 Å². The van der Waals surface area contributed by atoms with Crippen molar-refractivity contribution in [3.63, 3.8) is 0 Å². The summed E-state index contributed by atoms with van der Waals surface area (Å²) in [5, 5.41) is 3.09. The lowest BCUT2D eigenvalue weighted by Gasteiger charge is -2.20. The maximum absolute atomic E-state index is 13.5. The lowest BCUT2D eigenvalue weighted by Crippen LogP contribution is -2.30. The molecule has 6 nitrogen and oxygen atoms in total. The topological polar surface area (TPSA) is 65.5 Å². The Hall–Kier alpha value is -4.45. The Bertz CT molecular complexity index is 1450. The molecule has 1 N–H and O–H groups in total. The van der Waals surface area contributed by atoms with E-state index in [9.17, 15) is 9.59 Å². The smallest absolute Gasteiger partial charge is 0.256 e. The summed E-state index contributed by atoms with van der Waals surface area (Å²) in [5.41, 5.74) is 8.04. The molecule has 1 aliphatic heterocycles. The summed E-state index contributed by atoms with van der Waals surface area (Å²) in [5.74, 6) is -0.133. The molecule has 0 fully saturated rings. The minimum absolute atomic E-state index is 0.0261. The van der Waals surface area contributed by atoms with Crippen molar-refractivity contribution in [2.75, 3.05) is 35.8 Å². The molecule has 0 saturated carbocycles. The monoisotopic (exact) mass is 490 g/mol. The van der Waals surface area contributed by atoms with E-state index in [0.717, 1.165) is 51.4 Å². The van der Waals surface area contributed by atoms with E-state index in [1.54, 1.807) is 6.20 Å². The summed E-state index contributed by atoms with van der Waals surface area (Å²) >= 11 is 0. The summed E-state index contributed by atoms with van der Waals surface area (Å²) in [6.45, 7) is 2.65. The van der Waals surface area contributed by atoms with E-state index in [1.165, 1.54) is 0 Å². The van der Waals surface area contributed by atoms with Gasteiger partial charge in [-0.3, -0.25) is 14.6 Å². The molecule has 0 saturated heterocycles. The highest BCUT2D eigenvalue weighted by Crippen LogP contribution is 2.33. The maximum Gasteiger partial charge on any atom is 0.256 e. The van der Waals surface area contributed by atoms with Gasteiger partial charge in [-0.1, -0.05) is 36.4 Å². The number of nitrogens with one attached hydrogen (secondary N) is 1. The molecule has 3 aromatic carbocycles. The second-order valence-corrected chi connectivity index (χ2v) is 9.54. The van der Waals surface area contributed by atoms with Crippen molar-refractivity contribution in [3.8, 4) is 11.1 Å². The van der Waals surface area contributed by atoms with Gasteiger partial charge in [0.25, 0.3) is 5.91 Å². The third-order valence-corrected chi connectivity index (χ3v) is 6.74. The van der Waals surface area contributed by atoms with Crippen LogP contribution in [-0.4, -0.2) is 37.4 Å². The largest absolute Gasteiger partial charge is 0.377 e. The molecule has 6 heteroatoms. The Kier molecular flexibility index (Phi) is 6.73. The standard InChI is InChI=1S/C31H30N4O2/c1-21-17-27(26(20-29(21)34(2)3)22-9-5-4-6-10-22)31(37)33-25-12-13-28-23(18-25)14-16-35(28)30(36)19-24-11-7-8-15-32-24/h4-13,15,17-18,20H,14,16,19H2,1-3H3,(H,33,37). The van der Waals surface area contributed by atoms with E-state index in [2.05, 4.69) is 21.3 Å². The van der Waals surface area contributed by atoms with Crippen molar-refractivity contribution in [1.29, 1.82) is 0 Å². The molecule has 0 radical (unpaired) electrons. The Morgan fingerprint density at radius 1 is 0.973 bits per heavy atom. The highest BCUT2D eigenvalue weighted by Gasteiger charge is 2.25. The van der Waals surface area contributed by atoms with E-state index in [4.69, 9.17) is 0 Å². The van der Waals surface area contributed by atoms with Crippen molar-refractivity contribution >= 4 is 28.9 Å². The summed E-state index contributed by atoms with van der Waals surface area (Å²) in [4.78, 5) is 34.6. The second-order valence-electron chi connectivity index (χ2n) is 9.54. The number of hydrogen-bond acceptors (Lipinski definition) is 4.